The van der Waals surface area contributed by atoms with E-state index in [1.165, 1.54) is 23.1 Å². The van der Waals surface area contributed by atoms with Crippen molar-refractivity contribution in [2.75, 3.05) is 24.1 Å². The molecule has 0 spiro atoms. The number of piperidine rings is 1. The van der Waals surface area contributed by atoms with Crippen molar-refractivity contribution in [1.29, 1.82) is 0 Å². The number of alkyl halides is 6. The van der Waals surface area contributed by atoms with Crippen LogP contribution >= 0.6 is 0 Å². The zero-order chi connectivity index (χ0) is 28.6. The number of carbonyl (C=O) groups is 1. The molecule has 1 unspecified atom stereocenters. The van der Waals surface area contributed by atoms with Gasteiger partial charge in [0.1, 0.15) is 23.2 Å². The minimum absolute atomic E-state index is 0.121. The van der Waals surface area contributed by atoms with Gasteiger partial charge in [0.05, 0.1) is 16.9 Å². The minimum Gasteiger partial charge on any atom is -0.382 e. The number of pyridine rings is 1. The Morgan fingerprint density at radius 1 is 1.02 bits per heavy atom. The molecule has 1 aliphatic rings. The number of nitrogen functional groups attached to an aromatic ring is 1. The van der Waals surface area contributed by atoms with Crippen LogP contribution in [0.3, 0.4) is 0 Å². The first-order valence-electron chi connectivity index (χ1n) is 12.1. The van der Waals surface area contributed by atoms with Gasteiger partial charge in [0, 0.05) is 30.8 Å². The number of hydrogen-bond acceptors (Lipinski definition) is 7. The molecule has 0 saturated carbocycles. The zero-order valence-electron chi connectivity index (χ0n) is 20.6. The summed E-state index contributed by atoms with van der Waals surface area (Å²) in [5.41, 5.74) is 7.26. The summed E-state index contributed by atoms with van der Waals surface area (Å²) in [5, 5.41) is 7.02. The number of likely N-dealkylation sites (tertiary alicyclic amines) is 1. The number of amides is 1. The molecule has 0 aliphatic carbocycles. The van der Waals surface area contributed by atoms with Crippen LogP contribution in [-0.4, -0.2) is 61.4 Å². The average Bonchev–Trinajstić information content (AvgIpc) is 3.33. The normalized spacial score (nSPS) is 16.0. The van der Waals surface area contributed by atoms with Crippen LogP contribution in [0.15, 0.2) is 48.9 Å². The number of fused-ring (bicyclic) bond motifs is 1. The monoisotopic (exact) mass is 564 g/mol. The lowest BCUT2D eigenvalue weighted by Gasteiger charge is -2.32. The Kier molecular flexibility index (Phi) is 7.31. The summed E-state index contributed by atoms with van der Waals surface area (Å²) in [6.07, 6.45) is -7.00. The molecule has 1 aromatic carbocycles. The van der Waals surface area contributed by atoms with Crippen LogP contribution in [0.5, 0.6) is 0 Å². The van der Waals surface area contributed by atoms with Gasteiger partial charge < -0.3 is 11.1 Å². The first-order valence-corrected chi connectivity index (χ1v) is 12.1. The number of hydrogen-bond donors (Lipinski definition) is 2. The summed E-state index contributed by atoms with van der Waals surface area (Å²) in [5.74, 6) is -0.978. The largest absolute Gasteiger partial charge is 0.416 e. The molecule has 210 valence electrons. The number of aromatic nitrogens is 5. The van der Waals surface area contributed by atoms with E-state index in [4.69, 9.17) is 5.73 Å². The van der Waals surface area contributed by atoms with E-state index < -0.39 is 30.4 Å². The number of carbonyl (C=O) groups excluding carboxylic acids is 1. The van der Waals surface area contributed by atoms with Gasteiger partial charge in [-0.3, -0.25) is 9.69 Å². The molecule has 40 heavy (non-hydrogen) atoms. The predicted molar refractivity (Wildman–Crippen MR) is 133 cm³/mol. The van der Waals surface area contributed by atoms with Crippen LogP contribution in [0.2, 0.25) is 0 Å². The fraction of sp³-hybridized carbons (Fsp3) is 0.320. The van der Waals surface area contributed by atoms with Gasteiger partial charge in [-0.25, -0.2) is 32.8 Å². The van der Waals surface area contributed by atoms with Crippen LogP contribution in [0.1, 0.15) is 40.4 Å². The molecule has 1 aliphatic heterocycles. The van der Waals surface area contributed by atoms with Crippen LogP contribution in [0, 0.1) is 0 Å². The van der Waals surface area contributed by atoms with E-state index in [0.29, 0.717) is 35.3 Å². The Hall–Kier alpha value is -4.27. The van der Waals surface area contributed by atoms with Gasteiger partial charge in [-0.05, 0) is 49.2 Å². The molecular weight excluding hydrogens is 542 g/mol. The van der Waals surface area contributed by atoms with Crippen LogP contribution in [-0.2, 0) is 6.18 Å². The number of nitrogens with two attached hydrogens (primary N) is 1. The summed E-state index contributed by atoms with van der Waals surface area (Å²) in [4.78, 5) is 25.9. The van der Waals surface area contributed by atoms with Crippen molar-refractivity contribution in [3.8, 4) is 5.69 Å². The van der Waals surface area contributed by atoms with E-state index in [0.717, 1.165) is 23.2 Å². The highest BCUT2D eigenvalue weighted by atomic mass is 19.4. The molecule has 15 heteroatoms. The lowest BCUT2D eigenvalue weighted by Crippen LogP contribution is -2.42. The number of nitrogens with zero attached hydrogens (tertiary/aromatic N) is 6. The molecule has 5 rings (SSSR count). The van der Waals surface area contributed by atoms with E-state index >= 15 is 0 Å². The maximum absolute atomic E-state index is 13.8. The molecule has 3 N–H and O–H groups in total. The van der Waals surface area contributed by atoms with Crippen molar-refractivity contribution in [1.82, 2.24) is 29.6 Å². The Bertz CT molecular complexity index is 1520. The van der Waals surface area contributed by atoms with Crippen LogP contribution in [0.25, 0.3) is 16.7 Å². The Balaban J connectivity index is 1.38. The maximum atomic E-state index is 13.8. The number of halogens is 6. The van der Waals surface area contributed by atoms with Gasteiger partial charge in [-0.2, -0.15) is 18.3 Å². The van der Waals surface area contributed by atoms with Gasteiger partial charge in [0.2, 0.25) is 6.30 Å². The summed E-state index contributed by atoms with van der Waals surface area (Å²) < 4.78 is 79.8. The summed E-state index contributed by atoms with van der Waals surface area (Å²) in [6.45, 7) is 0.241. The van der Waals surface area contributed by atoms with Crippen LogP contribution in [0.4, 0.5) is 38.0 Å². The average molecular weight is 564 g/mol. The van der Waals surface area contributed by atoms with E-state index in [2.05, 4.69) is 25.4 Å². The molecule has 1 saturated heterocycles. The second kappa shape index (κ2) is 10.7. The highest BCUT2D eigenvalue weighted by molar-refractivity contribution is 6.04. The fourth-order valence-corrected chi connectivity index (χ4v) is 4.65. The fourth-order valence-electron chi connectivity index (χ4n) is 4.65. The van der Waals surface area contributed by atoms with Crippen molar-refractivity contribution in [2.45, 2.75) is 37.7 Å². The molecule has 4 aromatic rings. The number of anilines is 2. The van der Waals surface area contributed by atoms with Gasteiger partial charge in [0.15, 0.2) is 5.82 Å². The Morgan fingerprint density at radius 2 is 1.73 bits per heavy atom. The molecule has 1 amide bonds. The van der Waals surface area contributed by atoms with E-state index in [9.17, 15) is 31.1 Å². The first kappa shape index (κ1) is 27.3. The van der Waals surface area contributed by atoms with Gasteiger partial charge in [-0.15, -0.1) is 0 Å². The Morgan fingerprint density at radius 3 is 2.38 bits per heavy atom. The Labute approximate surface area is 223 Å². The topological polar surface area (TPSA) is 115 Å². The summed E-state index contributed by atoms with van der Waals surface area (Å²) in [6, 6.07) is 7.57. The molecule has 1 atom stereocenters. The molecule has 0 bridgehead atoms. The van der Waals surface area contributed by atoms with E-state index in [1.54, 1.807) is 12.1 Å². The van der Waals surface area contributed by atoms with Gasteiger partial charge in [0.25, 0.3) is 12.3 Å². The summed E-state index contributed by atoms with van der Waals surface area (Å²) in [7, 11) is 0. The first-order chi connectivity index (χ1) is 19.0. The number of nitrogens with one attached hydrogen (secondary N) is 1. The quantitative estimate of drug-likeness (QED) is 0.255. The minimum atomic E-state index is -4.58. The predicted octanol–water partition coefficient (Wildman–Crippen LogP) is 4.80. The van der Waals surface area contributed by atoms with Gasteiger partial charge in [-0.1, -0.05) is 0 Å². The standard InChI is InChI=1S/C25H22F6N8O/c26-21(27)22(28)38-9-6-13(7-10-38)18-19-20(23(32)35-12-34-19)39(37-18)16-3-1-14(2-4-16)24(40)36-17-11-15(5-8-33-17)25(29,30)31/h1-5,8,11-13,21-22H,6-7,9-10H2,(H2,32,34,35)(H,33,36,40). The smallest absolute Gasteiger partial charge is 0.382 e. The third kappa shape index (κ3) is 5.41. The van der Waals surface area contributed by atoms with E-state index in [1.807, 2.05) is 0 Å². The number of benzene rings is 1. The summed E-state index contributed by atoms with van der Waals surface area (Å²) >= 11 is 0. The van der Waals surface area contributed by atoms with Crippen molar-refractivity contribution in [2.24, 2.45) is 0 Å². The van der Waals surface area contributed by atoms with Crippen molar-refractivity contribution in [3.63, 3.8) is 0 Å². The third-order valence-electron chi connectivity index (χ3n) is 6.69. The second-order valence-electron chi connectivity index (χ2n) is 9.20. The van der Waals surface area contributed by atoms with Crippen molar-refractivity contribution < 1.29 is 31.1 Å². The number of rotatable bonds is 6. The lowest BCUT2D eigenvalue weighted by atomic mass is 9.93. The van der Waals surface area contributed by atoms with Crippen LogP contribution < -0.4 is 11.1 Å². The van der Waals surface area contributed by atoms with Crippen molar-refractivity contribution >= 4 is 28.6 Å². The molecular formula is C25H22F6N8O. The lowest BCUT2D eigenvalue weighted by molar-refractivity contribution is -0.137. The molecule has 0 radical (unpaired) electrons. The van der Waals surface area contributed by atoms with Gasteiger partial charge >= 0.3 is 6.18 Å². The third-order valence-corrected chi connectivity index (χ3v) is 6.69. The molecule has 3 aromatic heterocycles. The van der Waals surface area contributed by atoms with Crippen molar-refractivity contribution in [3.05, 3.63) is 65.7 Å². The highest BCUT2D eigenvalue weighted by Crippen LogP contribution is 2.35. The molecule has 4 heterocycles. The maximum Gasteiger partial charge on any atom is 0.416 e. The molecule has 1 fully saturated rings. The second-order valence-corrected chi connectivity index (χ2v) is 9.20. The molecule has 9 nitrogen and oxygen atoms in total. The zero-order valence-corrected chi connectivity index (χ0v) is 20.6. The van der Waals surface area contributed by atoms with E-state index in [-0.39, 0.29) is 36.2 Å². The SMILES string of the molecule is Nc1ncnc2c(C3CCN(C(F)C(F)F)CC3)nn(-c3ccc(C(=O)Nc4cc(C(F)(F)F)ccn4)cc3)c12. The highest BCUT2D eigenvalue weighted by Gasteiger charge is 2.34.